The van der Waals surface area contributed by atoms with E-state index in [0.29, 0.717) is 18.7 Å². The number of benzene rings is 2. The van der Waals surface area contributed by atoms with E-state index >= 15 is 0 Å². The zero-order valence-electron chi connectivity index (χ0n) is 16.9. The Labute approximate surface area is 170 Å². The van der Waals surface area contributed by atoms with Gasteiger partial charge in [0.2, 0.25) is 5.91 Å². The number of ether oxygens (including phenoxy) is 1. The van der Waals surface area contributed by atoms with E-state index in [1.54, 1.807) is 18.9 Å². The first-order valence-corrected chi connectivity index (χ1v) is 9.76. The van der Waals surface area contributed by atoms with Crippen molar-refractivity contribution >= 4 is 22.7 Å². The van der Waals surface area contributed by atoms with Crippen molar-refractivity contribution in [2.75, 3.05) is 20.3 Å². The molecule has 0 spiro atoms. The molecular weight excluding hydrogens is 366 g/mol. The van der Waals surface area contributed by atoms with E-state index in [2.05, 4.69) is 28.2 Å². The quantitative estimate of drug-likeness (QED) is 0.657. The summed E-state index contributed by atoms with van der Waals surface area (Å²) >= 11 is 0. The molecule has 2 amide bonds. The lowest BCUT2D eigenvalue weighted by atomic mass is 9.97. The number of aryl methyl sites for hydroxylation is 1. The van der Waals surface area contributed by atoms with Crippen molar-refractivity contribution in [3.8, 4) is 0 Å². The molecule has 0 unspecified atom stereocenters. The van der Waals surface area contributed by atoms with E-state index in [0.717, 1.165) is 22.0 Å². The zero-order valence-corrected chi connectivity index (χ0v) is 16.9. The van der Waals surface area contributed by atoms with Crippen LogP contribution in [0.25, 0.3) is 10.9 Å². The van der Waals surface area contributed by atoms with E-state index in [-0.39, 0.29) is 17.9 Å². The molecule has 6 heteroatoms. The minimum Gasteiger partial charge on any atom is -0.383 e. The van der Waals surface area contributed by atoms with Crippen LogP contribution in [0.2, 0.25) is 0 Å². The standard InChI is InChI=1S/C23H25N3O3/c1-15(22(27)24-12-13-29-3)26-21(17-9-4-5-10-18(17)23(26)28)19-14-25(2)20-11-7-6-8-16(19)20/h4-11,14-15,21H,12-13H2,1-3H3,(H,24,27)/t15-,21+/m0/s1. The molecule has 1 aliphatic heterocycles. The van der Waals surface area contributed by atoms with Crippen LogP contribution < -0.4 is 5.32 Å². The molecule has 0 aliphatic carbocycles. The summed E-state index contributed by atoms with van der Waals surface area (Å²) in [5.41, 5.74) is 3.71. The maximum Gasteiger partial charge on any atom is 0.255 e. The molecule has 1 aromatic heterocycles. The molecule has 4 rings (SSSR count). The van der Waals surface area contributed by atoms with Gasteiger partial charge < -0.3 is 19.5 Å². The van der Waals surface area contributed by atoms with Crippen molar-refractivity contribution in [2.24, 2.45) is 7.05 Å². The lowest BCUT2D eigenvalue weighted by Crippen LogP contribution is -2.47. The topological polar surface area (TPSA) is 63.6 Å². The fourth-order valence-corrected chi connectivity index (χ4v) is 4.19. The van der Waals surface area contributed by atoms with Crippen molar-refractivity contribution in [3.63, 3.8) is 0 Å². The van der Waals surface area contributed by atoms with Gasteiger partial charge in [-0.1, -0.05) is 36.4 Å². The average molecular weight is 391 g/mol. The Balaban J connectivity index is 1.80. The summed E-state index contributed by atoms with van der Waals surface area (Å²) in [7, 11) is 3.59. The van der Waals surface area contributed by atoms with Crippen molar-refractivity contribution in [1.29, 1.82) is 0 Å². The maximum atomic E-state index is 13.3. The number of fused-ring (bicyclic) bond motifs is 2. The number of amides is 2. The lowest BCUT2D eigenvalue weighted by molar-refractivity contribution is -0.125. The van der Waals surface area contributed by atoms with Crippen LogP contribution in [0.15, 0.2) is 54.7 Å². The Hall–Kier alpha value is -3.12. The molecule has 0 radical (unpaired) electrons. The summed E-state index contributed by atoms with van der Waals surface area (Å²) in [5.74, 6) is -0.304. The van der Waals surface area contributed by atoms with Gasteiger partial charge in [0, 0.05) is 48.9 Å². The summed E-state index contributed by atoms with van der Waals surface area (Å²) in [6.07, 6.45) is 2.06. The van der Waals surface area contributed by atoms with Gasteiger partial charge in [-0.05, 0) is 24.6 Å². The smallest absolute Gasteiger partial charge is 0.255 e. The lowest BCUT2D eigenvalue weighted by Gasteiger charge is -2.30. The number of carbonyl (C=O) groups excluding carboxylic acids is 2. The van der Waals surface area contributed by atoms with Crippen LogP contribution >= 0.6 is 0 Å². The molecule has 0 saturated heterocycles. The van der Waals surface area contributed by atoms with Crippen LogP contribution in [0, 0.1) is 0 Å². The number of para-hydroxylation sites is 1. The second-order valence-electron chi connectivity index (χ2n) is 7.37. The van der Waals surface area contributed by atoms with Crippen LogP contribution in [0.1, 0.15) is 34.5 Å². The molecule has 2 aromatic carbocycles. The summed E-state index contributed by atoms with van der Waals surface area (Å²) in [4.78, 5) is 27.8. The summed E-state index contributed by atoms with van der Waals surface area (Å²) in [6.45, 7) is 2.62. The third-order valence-electron chi connectivity index (χ3n) is 5.62. The molecule has 29 heavy (non-hydrogen) atoms. The molecule has 1 aliphatic rings. The van der Waals surface area contributed by atoms with E-state index in [1.807, 2.05) is 43.4 Å². The Bertz CT molecular complexity index is 1070. The van der Waals surface area contributed by atoms with E-state index in [1.165, 1.54) is 0 Å². The van der Waals surface area contributed by atoms with Crippen molar-refractivity contribution < 1.29 is 14.3 Å². The Morgan fingerprint density at radius 3 is 2.66 bits per heavy atom. The van der Waals surface area contributed by atoms with Gasteiger partial charge in [0.1, 0.15) is 6.04 Å². The molecular formula is C23H25N3O3. The predicted octanol–water partition coefficient (Wildman–Crippen LogP) is 2.87. The highest BCUT2D eigenvalue weighted by atomic mass is 16.5. The Kier molecular flexibility index (Phi) is 5.11. The monoisotopic (exact) mass is 391 g/mol. The first kappa shape index (κ1) is 19.2. The number of aromatic nitrogens is 1. The number of methoxy groups -OCH3 is 1. The second-order valence-corrected chi connectivity index (χ2v) is 7.37. The van der Waals surface area contributed by atoms with E-state index in [4.69, 9.17) is 4.74 Å². The first-order chi connectivity index (χ1) is 14.0. The molecule has 1 N–H and O–H groups in total. The largest absolute Gasteiger partial charge is 0.383 e. The molecule has 0 fully saturated rings. The predicted molar refractivity (Wildman–Crippen MR) is 112 cm³/mol. The van der Waals surface area contributed by atoms with Gasteiger partial charge in [-0.2, -0.15) is 0 Å². The van der Waals surface area contributed by atoms with Crippen LogP contribution in [-0.2, 0) is 16.6 Å². The number of nitrogens with zero attached hydrogens (tertiary/aromatic N) is 2. The molecule has 0 saturated carbocycles. The first-order valence-electron chi connectivity index (χ1n) is 9.76. The van der Waals surface area contributed by atoms with E-state index in [9.17, 15) is 9.59 Å². The number of carbonyl (C=O) groups is 2. The average Bonchev–Trinajstić information content (AvgIpc) is 3.22. The summed E-state index contributed by atoms with van der Waals surface area (Å²) < 4.78 is 7.08. The molecule has 150 valence electrons. The van der Waals surface area contributed by atoms with E-state index < -0.39 is 6.04 Å². The van der Waals surface area contributed by atoms with Crippen LogP contribution in [0.3, 0.4) is 0 Å². The molecule has 3 aromatic rings. The van der Waals surface area contributed by atoms with Crippen molar-refractivity contribution in [2.45, 2.75) is 19.0 Å². The highest BCUT2D eigenvalue weighted by molar-refractivity contribution is 6.03. The van der Waals surface area contributed by atoms with Crippen LogP contribution in [-0.4, -0.2) is 47.6 Å². The molecule has 2 heterocycles. The minimum absolute atomic E-state index is 0.118. The second kappa shape index (κ2) is 7.72. The number of hydrogen-bond donors (Lipinski definition) is 1. The fourth-order valence-electron chi connectivity index (χ4n) is 4.19. The van der Waals surface area contributed by atoms with Gasteiger partial charge in [0.15, 0.2) is 0 Å². The van der Waals surface area contributed by atoms with Crippen LogP contribution in [0.5, 0.6) is 0 Å². The van der Waals surface area contributed by atoms with Crippen molar-refractivity contribution in [3.05, 3.63) is 71.4 Å². The highest BCUT2D eigenvalue weighted by Gasteiger charge is 2.43. The third-order valence-corrected chi connectivity index (χ3v) is 5.62. The molecule has 0 bridgehead atoms. The van der Waals surface area contributed by atoms with Crippen molar-refractivity contribution in [1.82, 2.24) is 14.8 Å². The molecule has 2 atom stereocenters. The van der Waals surface area contributed by atoms with Gasteiger partial charge in [0.25, 0.3) is 5.91 Å². The normalized spacial score (nSPS) is 16.9. The van der Waals surface area contributed by atoms with Gasteiger partial charge in [0.05, 0.1) is 12.6 Å². The fraction of sp³-hybridized carbons (Fsp3) is 0.304. The highest BCUT2D eigenvalue weighted by Crippen LogP contribution is 2.42. The van der Waals surface area contributed by atoms with Gasteiger partial charge in [-0.3, -0.25) is 9.59 Å². The maximum absolute atomic E-state index is 13.3. The molecule has 6 nitrogen and oxygen atoms in total. The zero-order chi connectivity index (χ0) is 20.5. The summed E-state index contributed by atoms with van der Waals surface area (Å²) in [6, 6.07) is 14.8. The van der Waals surface area contributed by atoms with Crippen LogP contribution in [0.4, 0.5) is 0 Å². The number of nitrogens with one attached hydrogen (secondary N) is 1. The number of hydrogen-bond acceptors (Lipinski definition) is 3. The van der Waals surface area contributed by atoms with Gasteiger partial charge in [-0.15, -0.1) is 0 Å². The number of rotatable bonds is 6. The van der Waals surface area contributed by atoms with Gasteiger partial charge >= 0.3 is 0 Å². The third kappa shape index (κ3) is 3.19. The SMILES string of the molecule is COCCNC(=O)[C@H](C)N1C(=O)c2ccccc2[C@@H]1c1cn(C)c2ccccc12. The summed E-state index contributed by atoms with van der Waals surface area (Å²) in [5, 5.41) is 3.94. The Morgan fingerprint density at radius 1 is 1.14 bits per heavy atom. The Morgan fingerprint density at radius 2 is 1.86 bits per heavy atom. The van der Waals surface area contributed by atoms with Gasteiger partial charge in [-0.25, -0.2) is 0 Å². The minimum atomic E-state index is -0.615.